The van der Waals surface area contributed by atoms with E-state index in [1.165, 1.54) is 11.0 Å². The molecule has 1 fully saturated rings. The Hall–Kier alpha value is -1.56. The van der Waals surface area contributed by atoms with Crippen molar-refractivity contribution >= 4 is 12.0 Å². The number of hydrogen-bond acceptors (Lipinski definition) is 4. The lowest BCUT2D eigenvalue weighted by Gasteiger charge is -2.31. The second-order valence-electron chi connectivity index (χ2n) is 3.47. The smallest absolute Gasteiger partial charge is 0.410 e. The average molecular weight is 228 g/mol. The number of carbonyl (C=O) groups is 2. The Kier molecular flexibility index (Phi) is 4.78. The van der Waals surface area contributed by atoms with Crippen LogP contribution in [0.25, 0.3) is 0 Å². The van der Waals surface area contributed by atoms with E-state index in [0.29, 0.717) is 13.2 Å². The van der Waals surface area contributed by atoms with Crippen molar-refractivity contribution < 1.29 is 19.1 Å². The Bertz CT molecular complexity index is 280. The first-order valence-corrected chi connectivity index (χ1v) is 4.98. The third-order valence-electron chi connectivity index (χ3n) is 2.09. The summed E-state index contributed by atoms with van der Waals surface area (Å²) in [5.74, 6) is -0.205. The third-order valence-corrected chi connectivity index (χ3v) is 2.09. The minimum absolute atomic E-state index is 0.0240. The number of nitrogens with zero attached hydrogens (tertiary/aromatic N) is 1. The molecule has 2 amide bonds. The van der Waals surface area contributed by atoms with Gasteiger partial charge in [0, 0.05) is 13.7 Å². The average Bonchev–Trinajstić information content (AvgIpc) is 2.25. The van der Waals surface area contributed by atoms with Crippen LogP contribution >= 0.6 is 0 Å². The largest absolute Gasteiger partial charge is 0.445 e. The van der Waals surface area contributed by atoms with Crippen LogP contribution in [0.3, 0.4) is 0 Å². The van der Waals surface area contributed by atoms with Crippen molar-refractivity contribution in [3.8, 4) is 0 Å². The van der Waals surface area contributed by atoms with E-state index in [1.54, 1.807) is 7.11 Å². The first-order chi connectivity index (χ1) is 7.67. The Balaban J connectivity index is 2.49. The summed E-state index contributed by atoms with van der Waals surface area (Å²) in [6.07, 6.45) is 0.977. The fraction of sp³-hybridized carbons (Fsp3) is 0.600. The number of carbonyl (C=O) groups excluding carboxylic acids is 2. The molecule has 0 aromatic carbocycles. The fourth-order valence-electron chi connectivity index (χ4n) is 1.48. The normalized spacial score (nSPS) is 20.2. The van der Waals surface area contributed by atoms with Crippen molar-refractivity contribution in [2.24, 2.45) is 0 Å². The quantitative estimate of drug-likeness (QED) is 0.674. The topological polar surface area (TPSA) is 67.9 Å². The molecule has 1 unspecified atom stereocenters. The summed E-state index contributed by atoms with van der Waals surface area (Å²) in [5.41, 5.74) is 0. The molecule has 0 aliphatic carbocycles. The highest BCUT2D eigenvalue weighted by Crippen LogP contribution is 2.03. The molecule has 90 valence electrons. The lowest BCUT2D eigenvalue weighted by atomic mass is 10.2. The van der Waals surface area contributed by atoms with Crippen molar-refractivity contribution in [3.63, 3.8) is 0 Å². The van der Waals surface area contributed by atoms with Crippen LogP contribution in [0.2, 0.25) is 0 Å². The highest BCUT2D eigenvalue weighted by atomic mass is 16.6. The maximum atomic E-state index is 11.5. The van der Waals surface area contributed by atoms with Gasteiger partial charge < -0.3 is 14.8 Å². The van der Waals surface area contributed by atoms with Gasteiger partial charge in [-0.15, -0.1) is 0 Å². The van der Waals surface area contributed by atoms with Gasteiger partial charge in [-0.1, -0.05) is 12.7 Å². The molecule has 1 N–H and O–H groups in total. The summed E-state index contributed by atoms with van der Waals surface area (Å²) in [5, 5.41) is 2.72. The first-order valence-electron chi connectivity index (χ1n) is 4.98. The van der Waals surface area contributed by atoms with Gasteiger partial charge in [0.15, 0.2) is 0 Å². The molecule has 0 aromatic heterocycles. The minimum atomic E-state index is -0.504. The van der Waals surface area contributed by atoms with Crippen molar-refractivity contribution in [2.75, 3.05) is 33.4 Å². The predicted molar refractivity (Wildman–Crippen MR) is 56.9 cm³/mol. The van der Waals surface area contributed by atoms with Gasteiger partial charge in [-0.2, -0.15) is 0 Å². The summed E-state index contributed by atoms with van der Waals surface area (Å²) in [4.78, 5) is 24.1. The molecule has 0 radical (unpaired) electrons. The molecule has 6 nitrogen and oxygen atoms in total. The third kappa shape index (κ3) is 3.54. The summed E-state index contributed by atoms with van der Waals surface area (Å²) in [6, 6.07) is -0.178. The van der Waals surface area contributed by atoms with Crippen LogP contribution in [0.4, 0.5) is 4.79 Å². The molecular formula is C10H16N2O4. The van der Waals surface area contributed by atoms with Crippen LogP contribution in [0, 0.1) is 0 Å². The molecule has 1 saturated heterocycles. The lowest BCUT2D eigenvalue weighted by Crippen LogP contribution is -2.57. The minimum Gasteiger partial charge on any atom is -0.445 e. The van der Waals surface area contributed by atoms with Gasteiger partial charge in [-0.3, -0.25) is 9.69 Å². The Labute approximate surface area is 94.2 Å². The molecule has 1 atom stereocenters. The van der Waals surface area contributed by atoms with Gasteiger partial charge in [0.2, 0.25) is 5.91 Å². The monoisotopic (exact) mass is 228 g/mol. The van der Waals surface area contributed by atoms with E-state index in [-0.39, 0.29) is 25.1 Å². The number of piperazine rings is 1. The molecule has 0 aromatic rings. The van der Waals surface area contributed by atoms with Crippen molar-refractivity contribution in [3.05, 3.63) is 12.7 Å². The van der Waals surface area contributed by atoms with E-state index in [9.17, 15) is 9.59 Å². The molecule has 1 rings (SSSR count). The molecule has 1 aliphatic heterocycles. The standard InChI is InChI=1S/C10H16N2O4/c1-3-4-16-10(14)12-5-8(7-15-2)11-9(13)6-12/h3,8H,1,4-7H2,2H3,(H,11,13). The highest BCUT2D eigenvalue weighted by molar-refractivity contribution is 5.83. The summed E-state index contributed by atoms with van der Waals surface area (Å²) in [7, 11) is 1.54. The zero-order valence-corrected chi connectivity index (χ0v) is 9.27. The van der Waals surface area contributed by atoms with Gasteiger partial charge in [0.1, 0.15) is 13.2 Å². The van der Waals surface area contributed by atoms with Crippen LogP contribution in [0.1, 0.15) is 0 Å². The van der Waals surface area contributed by atoms with Crippen LogP contribution in [-0.2, 0) is 14.3 Å². The Morgan fingerprint density at radius 1 is 1.75 bits per heavy atom. The van der Waals surface area contributed by atoms with Gasteiger partial charge >= 0.3 is 6.09 Å². The zero-order valence-electron chi connectivity index (χ0n) is 9.27. The van der Waals surface area contributed by atoms with E-state index in [2.05, 4.69) is 11.9 Å². The maximum Gasteiger partial charge on any atom is 0.410 e. The van der Waals surface area contributed by atoms with Crippen LogP contribution in [-0.4, -0.2) is 56.4 Å². The van der Waals surface area contributed by atoms with E-state index >= 15 is 0 Å². The van der Waals surface area contributed by atoms with Gasteiger partial charge in [-0.25, -0.2) is 4.79 Å². The maximum absolute atomic E-state index is 11.5. The fourth-order valence-corrected chi connectivity index (χ4v) is 1.48. The van der Waals surface area contributed by atoms with Gasteiger partial charge in [0.25, 0.3) is 0 Å². The van der Waals surface area contributed by atoms with E-state index in [4.69, 9.17) is 9.47 Å². The number of nitrogens with one attached hydrogen (secondary N) is 1. The molecule has 0 spiro atoms. The summed E-state index contributed by atoms with van der Waals surface area (Å²) in [6.45, 7) is 4.38. The number of ether oxygens (including phenoxy) is 2. The number of amides is 2. The zero-order chi connectivity index (χ0) is 12.0. The summed E-state index contributed by atoms with van der Waals surface area (Å²) < 4.78 is 9.78. The van der Waals surface area contributed by atoms with Crippen molar-refractivity contribution in [1.29, 1.82) is 0 Å². The SMILES string of the molecule is C=CCOC(=O)N1CC(=O)NC(COC)C1. The molecule has 0 bridgehead atoms. The van der Waals surface area contributed by atoms with Gasteiger partial charge in [-0.05, 0) is 0 Å². The van der Waals surface area contributed by atoms with Crippen molar-refractivity contribution in [1.82, 2.24) is 10.2 Å². The lowest BCUT2D eigenvalue weighted by molar-refractivity contribution is -0.125. The first kappa shape index (κ1) is 12.5. The van der Waals surface area contributed by atoms with Crippen LogP contribution in [0.15, 0.2) is 12.7 Å². The van der Waals surface area contributed by atoms with E-state index in [1.807, 2.05) is 0 Å². The number of rotatable bonds is 4. The predicted octanol–water partition coefficient (Wildman–Crippen LogP) is -0.244. The van der Waals surface area contributed by atoms with E-state index < -0.39 is 6.09 Å². The van der Waals surface area contributed by atoms with E-state index in [0.717, 1.165) is 0 Å². The Morgan fingerprint density at radius 3 is 3.12 bits per heavy atom. The number of methoxy groups -OCH3 is 1. The summed E-state index contributed by atoms with van der Waals surface area (Å²) >= 11 is 0. The number of hydrogen-bond donors (Lipinski definition) is 1. The second kappa shape index (κ2) is 6.12. The second-order valence-corrected chi connectivity index (χ2v) is 3.47. The van der Waals surface area contributed by atoms with Gasteiger partial charge in [0.05, 0.1) is 12.6 Å². The molecular weight excluding hydrogens is 212 g/mol. The molecule has 16 heavy (non-hydrogen) atoms. The molecule has 1 aliphatic rings. The molecule has 6 heteroatoms. The van der Waals surface area contributed by atoms with Crippen LogP contribution < -0.4 is 5.32 Å². The van der Waals surface area contributed by atoms with Crippen molar-refractivity contribution in [2.45, 2.75) is 6.04 Å². The molecule has 1 heterocycles. The van der Waals surface area contributed by atoms with Crippen LogP contribution in [0.5, 0.6) is 0 Å². The Morgan fingerprint density at radius 2 is 2.50 bits per heavy atom. The molecule has 0 saturated carbocycles. The highest BCUT2D eigenvalue weighted by Gasteiger charge is 2.28.